The summed E-state index contributed by atoms with van der Waals surface area (Å²) < 4.78 is 0. The van der Waals surface area contributed by atoms with E-state index < -0.39 is 0 Å². The van der Waals surface area contributed by atoms with Crippen LogP contribution in [0.3, 0.4) is 0 Å². The summed E-state index contributed by atoms with van der Waals surface area (Å²) in [5.41, 5.74) is 4.50. The number of carbonyl (C=O) groups excluding carboxylic acids is 1. The number of amides is 1. The minimum Gasteiger partial charge on any atom is -0.325 e. The Bertz CT molecular complexity index is 724. The third-order valence-electron chi connectivity index (χ3n) is 4.63. The summed E-state index contributed by atoms with van der Waals surface area (Å²) in [5.74, 6) is 0.617. The number of nitrogens with one attached hydrogen (secondary N) is 2. The lowest BCUT2D eigenvalue weighted by atomic mass is 10.0. The molecule has 0 aliphatic carbocycles. The van der Waals surface area contributed by atoms with Gasteiger partial charge in [-0.15, -0.1) is 0 Å². The maximum Gasteiger partial charge on any atom is 0.241 e. The van der Waals surface area contributed by atoms with Crippen LogP contribution in [0.4, 0.5) is 5.69 Å². The Balaban J connectivity index is 1.59. The Morgan fingerprint density at radius 2 is 1.64 bits per heavy atom. The highest BCUT2D eigenvalue weighted by atomic mass is 16.2. The van der Waals surface area contributed by atoms with Crippen LogP contribution in [-0.4, -0.2) is 18.5 Å². The van der Waals surface area contributed by atoms with Crippen molar-refractivity contribution in [3.63, 3.8) is 0 Å². The molecule has 0 saturated carbocycles. The van der Waals surface area contributed by atoms with Gasteiger partial charge in [-0.25, -0.2) is 0 Å². The molecule has 1 aliphatic heterocycles. The zero-order valence-electron chi connectivity index (χ0n) is 15.0. The Hall–Kier alpha value is -2.39. The van der Waals surface area contributed by atoms with Gasteiger partial charge in [-0.05, 0) is 54.1 Å². The normalized spacial score (nSPS) is 17.3. The first-order valence-electron chi connectivity index (χ1n) is 9.04. The highest BCUT2D eigenvalue weighted by molar-refractivity contribution is 5.95. The van der Waals surface area contributed by atoms with E-state index in [1.165, 1.54) is 11.1 Å². The molecule has 1 atom stereocenters. The zero-order chi connectivity index (χ0) is 17.6. The Labute approximate surface area is 150 Å². The van der Waals surface area contributed by atoms with Crippen LogP contribution in [0.25, 0.3) is 12.2 Å². The second-order valence-corrected chi connectivity index (χ2v) is 6.91. The Morgan fingerprint density at radius 1 is 1.04 bits per heavy atom. The van der Waals surface area contributed by atoms with Crippen molar-refractivity contribution in [2.24, 2.45) is 0 Å². The predicted molar refractivity (Wildman–Crippen MR) is 106 cm³/mol. The van der Waals surface area contributed by atoms with E-state index in [4.69, 9.17) is 0 Å². The quantitative estimate of drug-likeness (QED) is 0.780. The Kier molecular flexibility index (Phi) is 5.67. The second kappa shape index (κ2) is 8.13. The maximum atomic E-state index is 12.1. The lowest BCUT2D eigenvalue weighted by molar-refractivity contribution is -0.117. The van der Waals surface area contributed by atoms with Crippen LogP contribution in [0.1, 0.15) is 49.3 Å². The molecule has 2 N–H and O–H groups in total. The molecule has 0 radical (unpaired) electrons. The lowest BCUT2D eigenvalue weighted by Crippen LogP contribution is -2.35. The SMILES string of the molecule is CC(C)c1ccc(/C=C/c2ccc(NC(=O)C3CCCN3)cc2)cc1. The number of rotatable bonds is 5. The molecular weight excluding hydrogens is 308 g/mol. The first-order valence-corrected chi connectivity index (χ1v) is 9.04. The van der Waals surface area contributed by atoms with Crippen LogP contribution in [0.15, 0.2) is 48.5 Å². The first-order chi connectivity index (χ1) is 12.1. The van der Waals surface area contributed by atoms with E-state index in [9.17, 15) is 4.79 Å². The minimum absolute atomic E-state index is 0.0478. The fraction of sp³-hybridized carbons (Fsp3) is 0.318. The fourth-order valence-electron chi connectivity index (χ4n) is 3.00. The summed E-state index contributed by atoms with van der Waals surface area (Å²) in [6.07, 6.45) is 6.19. The molecular formula is C22H26N2O. The molecule has 2 aromatic rings. The van der Waals surface area contributed by atoms with Crippen molar-refractivity contribution in [1.29, 1.82) is 0 Å². The van der Waals surface area contributed by atoms with E-state index in [-0.39, 0.29) is 11.9 Å². The summed E-state index contributed by atoms with van der Waals surface area (Å²) >= 11 is 0. The molecule has 3 nitrogen and oxygen atoms in total. The van der Waals surface area contributed by atoms with Gasteiger partial charge in [0, 0.05) is 5.69 Å². The van der Waals surface area contributed by atoms with E-state index in [0.29, 0.717) is 5.92 Å². The van der Waals surface area contributed by atoms with Crippen LogP contribution in [0.2, 0.25) is 0 Å². The van der Waals surface area contributed by atoms with E-state index >= 15 is 0 Å². The molecule has 3 heteroatoms. The predicted octanol–water partition coefficient (Wildman–Crippen LogP) is 4.67. The van der Waals surface area contributed by atoms with E-state index in [1.807, 2.05) is 24.3 Å². The van der Waals surface area contributed by atoms with Gasteiger partial charge < -0.3 is 10.6 Å². The summed E-state index contributed by atoms with van der Waals surface area (Å²) in [4.78, 5) is 12.1. The van der Waals surface area contributed by atoms with Crippen molar-refractivity contribution >= 4 is 23.7 Å². The van der Waals surface area contributed by atoms with Gasteiger partial charge in [0.2, 0.25) is 5.91 Å². The fourth-order valence-corrected chi connectivity index (χ4v) is 3.00. The molecule has 0 spiro atoms. The van der Waals surface area contributed by atoms with E-state index in [0.717, 1.165) is 30.6 Å². The van der Waals surface area contributed by atoms with Crippen molar-refractivity contribution in [2.45, 2.75) is 38.6 Å². The van der Waals surface area contributed by atoms with Crippen molar-refractivity contribution in [3.8, 4) is 0 Å². The molecule has 130 valence electrons. The molecule has 3 rings (SSSR count). The van der Waals surface area contributed by atoms with Gasteiger partial charge in [0.25, 0.3) is 0 Å². The average molecular weight is 334 g/mol. The standard InChI is InChI=1S/C22H26N2O/c1-16(2)19-11-7-17(8-12-19)5-6-18-9-13-20(14-10-18)24-22(25)21-4-3-15-23-21/h5-14,16,21,23H,3-4,15H2,1-2H3,(H,24,25)/b6-5+. The molecule has 25 heavy (non-hydrogen) atoms. The van der Waals surface area contributed by atoms with Gasteiger partial charge in [-0.3, -0.25) is 4.79 Å². The van der Waals surface area contributed by atoms with Gasteiger partial charge in [-0.1, -0.05) is 62.4 Å². The summed E-state index contributed by atoms with van der Waals surface area (Å²) in [6.45, 7) is 5.34. The number of benzene rings is 2. The van der Waals surface area contributed by atoms with Gasteiger partial charge >= 0.3 is 0 Å². The topological polar surface area (TPSA) is 41.1 Å². The Morgan fingerprint density at radius 3 is 2.16 bits per heavy atom. The third-order valence-corrected chi connectivity index (χ3v) is 4.63. The molecule has 1 aliphatic rings. The second-order valence-electron chi connectivity index (χ2n) is 6.91. The van der Waals surface area contributed by atoms with Gasteiger partial charge in [0.1, 0.15) is 0 Å². The monoisotopic (exact) mass is 334 g/mol. The molecule has 0 aromatic heterocycles. The minimum atomic E-state index is -0.0478. The van der Waals surface area contributed by atoms with E-state index in [1.54, 1.807) is 0 Å². The molecule has 2 aromatic carbocycles. The van der Waals surface area contributed by atoms with Gasteiger partial charge in [0.15, 0.2) is 0 Å². The lowest BCUT2D eigenvalue weighted by Gasteiger charge is -2.11. The average Bonchev–Trinajstić information content (AvgIpc) is 3.16. The molecule has 1 unspecified atom stereocenters. The summed E-state index contributed by atoms with van der Waals surface area (Å²) in [6, 6.07) is 16.6. The van der Waals surface area contributed by atoms with Crippen molar-refractivity contribution < 1.29 is 4.79 Å². The smallest absolute Gasteiger partial charge is 0.241 e. The summed E-state index contributed by atoms with van der Waals surface area (Å²) in [7, 11) is 0. The molecule has 1 fully saturated rings. The van der Waals surface area contributed by atoms with Crippen LogP contribution in [0, 0.1) is 0 Å². The number of anilines is 1. The molecule has 1 saturated heterocycles. The molecule has 1 amide bonds. The van der Waals surface area contributed by atoms with Crippen molar-refractivity contribution in [2.75, 3.05) is 11.9 Å². The van der Waals surface area contributed by atoms with Crippen molar-refractivity contribution in [3.05, 3.63) is 65.2 Å². The highest BCUT2D eigenvalue weighted by Crippen LogP contribution is 2.17. The number of hydrogen-bond acceptors (Lipinski definition) is 2. The molecule has 0 bridgehead atoms. The number of hydrogen-bond donors (Lipinski definition) is 2. The van der Waals surface area contributed by atoms with Crippen molar-refractivity contribution in [1.82, 2.24) is 5.32 Å². The van der Waals surface area contributed by atoms with Crippen LogP contribution < -0.4 is 10.6 Å². The third kappa shape index (κ3) is 4.80. The largest absolute Gasteiger partial charge is 0.325 e. The molecule has 1 heterocycles. The maximum absolute atomic E-state index is 12.1. The first kappa shape index (κ1) is 17.4. The van der Waals surface area contributed by atoms with Crippen LogP contribution in [0.5, 0.6) is 0 Å². The van der Waals surface area contributed by atoms with Gasteiger partial charge in [0.05, 0.1) is 6.04 Å². The number of carbonyl (C=O) groups is 1. The summed E-state index contributed by atoms with van der Waals surface area (Å²) in [5, 5.41) is 6.19. The van der Waals surface area contributed by atoms with Crippen LogP contribution in [-0.2, 0) is 4.79 Å². The zero-order valence-corrected chi connectivity index (χ0v) is 15.0. The highest BCUT2D eigenvalue weighted by Gasteiger charge is 2.21. The van der Waals surface area contributed by atoms with Gasteiger partial charge in [-0.2, -0.15) is 0 Å². The van der Waals surface area contributed by atoms with E-state index in [2.05, 4.69) is 60.9 Å². The van der Waals surface area contributed by atoms with Crippen LogP contribution >= 0.6 is 0 Å².